The van der Waals surface area contributed by atoms with Gasteiger partial charge in [-0.05, 0) is 24.6 Å². The van der Waals surface area contributed by atoms with Crippen molar-refractivity contribution in [3.63, 3.8) is 0 Å². The molecule has 0 amide bonds. The molecule has 0 bridgehead atoms. The van der Waals surface area contributed by atoms with Gasteiger partial charge < -0.3 is 9.80 Å². The van der Waals surface area contributed by atoms with Crippen molar-refractivity contribution in [1.29, 1.82) is 0 Å². The van der Waals surface area contributed by atoms with E-state index in [0.717, 1.165) is 26.2 Å². The van der Waals surface area contributed by atoms with Crippen LogP contribution in [0.15, 0.2) is 35.3 Å². The first kappa shape index (κ1) is 13.9. The molecule has 0 radical (unpaired) electrons. The SMILES string of the molecule is Cc1cccc(N2CCN(c3cn[nH]c(=O)c3Cl)CC2)c1. The zero-order valence-electron chi connectivity index (χ0n) is 11.8. The summed E-state index contributed by atoms with van der Waals surface area (Å²) in [4.78, 5) is 16.0. The number of aromatic amines is 1. The van der Waals surface area contributed by atoms with E-state index >= 15 is 0 Å². The fourth-order valence-electron chi connectivity index (χ4n) is 2.62. The number of rotatable bonds is 2. The topological polar surface area (TPSA) is 52.2 Å². The Labute approximate surface area is 128 Å². The van der Waals surface area contributed by atoms with Crippen molar-refractivity contribution in [3.8, 4) is 0 Å². The lowest BCUT2D eigenvalue weighted by molar-refractivity contribution is 0.651. The van der Waals surface area contributed by atoms with Gasteiger partial charge in [0.25, 0.3) is 5.56 Å². The molecule has 0 spiro atoms. The second-order valence-electron chi connectivity index (χ2n) is 5.21. The van der Waals surface area contributed by atoms with Crippen LogP contribution < -0.4 is 15.4 Å². The summed E-state index contributed by atoms with van der Waals surface area (Å²) in [5.74, 6) is 0. The van der Waals surface area contributed by atoms with Crippen molar-refractivity contribution in [1.82, 2.24) is 10.2 Å². The van der Waals surface area contributed by atoms with E-state index in [0.29, 0.717) is 5.69 Å². The third-order valence-electron chi connectivity index (χ3n) is 3.76. The molecule has 0 aliphatic carbocycles. The highest BCUT2D eigenvalue weighted by molar-refractivity contribution is 6.33. The molecular weight excluding hydrogens is 288 g/mol. The first-order valence-corrected chi connectivity index (χ1v) is 7.33. The maximum atomic E-state index is 11.5. The normalized spacial score (nSPS) is 15.3. The molecule has 1 aromatic carbocycles. The van der Waals surface area contributed by atoms with E-state index in [1.165, 1.54) is 11.3 Å². The van der Waals surface area contributed by atoms with E-state index in [-0.39, 0.29) is 10.6 Å². The minimum atomic E-state index is -0.338. The molecule has 1 saturated heterocycles. The number of hydrogen-bond acceptors (Lipinski definition) is 4. The van der Waals surface area contributed by atoms with Gasteiger partial charge in [-0.15, -0.1) is 0 Å². The van der Waals surface area contributed by atoms with Crippen LogP contribution in [0.1, 0.15) is 5.56 Å². The summed E-state index contributed by atoms with van der Waals surface area (Å²) in [5, 5.41) is 6.39. The van der Waals surface area contributed by atoms with Crippen molar-refractivity contribution < 1.29 is 0 Å². The molecular formula is C15H17ClN4O. The molecule has 1 aliphatic heterocycles. The number of benzene rings is 1. The number of aryl methyl sites for hydroxylation is 1. The molecule has 3 rings (SSSR count). The van der Waals surface area contributed by atoms with Gasteiger partial charge in [0.2, 0.25) is 0 Å². The second kappa shape index (κ2) is 5.77. The predicted octanol–water partition coefficient (Wildman–Crippen LogP) is 2.06. The fourth-order valence-corrected chi connectivity index (χ4v) is 2.84. The number of nitrogens with zero attached hydrogens (tertiary/aromatic N) is 3. The summed E-state index contributed by atoms with van der Waals surface area (Å²) in [6.07, 6.45) is 1.62. The third-order valence-corrected chi connectivity index (χ3v) is 4.13. The van der Waals surface area contributed by atoms with Crippen LogP contribution in [0, 0.1) is 6.92 Å². The molecule has 1 aromatic heterocycles. The van der Waals surface area contributed by atoms with Crippen LogP contribution in [0.5, 0.6) is 0 Å². The highest BCUT2D eigenvalue weighted by atomic mass is 35.5. The van der Waals surface area contributed by atoms with Gasteiger partial charge in [0, 0.05) is 31.9 Å². The van der Waals surface area contributed by atoms with Crippen LogP contribution >= 0.6 is 11.6 Å². The monoisotopic (exact) mass is 304 g/mol. The molecule has 1 N–H and O–H groups in total. The molecule has 6 heteroatoms. The lowest BCUT2D eigenvalue weighted by Crippen LogP contribution is -2.47. The standard InChI is InChI=1S/C15H17ClN4O/c1-11-3-2-4-12(9-11)19-5-7-20(8-6-19)13-10-17-18-15(21)14(13)16/h2-4,9-10H,5-8H2,1H3,(H,18,21). The first-order valence-electron chi connectivity index (χ1n) is 6.95. The minimum Gasteiger partial charge on any atom is -0.368 e. The smallest absolute Gasteiger partial charge is 0.285 e. The number of hydrogen-bond donors (Lipinski definition) is 1. The Hall–Kier alpha value is -2.01. The molecule has 0 saturated carbocycles. The Morgan fingerprint density at radius 1 is 1.19 bits per heavy atom. The predicted molar refractivity (Wildman–Crippen MR) is 85.5 cm³/mol. The number of halogens is 1. The van der Waals surface area contributed by atoms with Crippen molar-refractivity contribution in [2.75, 3.05) is 36.0 Å². The summed E-state index contributed by atoms with van der Waals surface area (Å²) in [6.45, 7) is 5.53. The van der Waals surface area contributed by atoms with Gasteiger partial charge in [0.05, 0.1) is 11.9 Å². The van der Waals surface area contributed by atoms with Gasteiger partial charge in [0.1, 0.15) is 5.02 Å². The van der Waals surface area contributed by atoms with E-state index in [4.69, 9.17) is 11.6 Å². The summed E-state index contributed by atoms with van der Waals surface area (Å²) in [6, 6.07) is 8.50. The van der Waals surface area contributed by atoms with Crippen LogP contribution in [0.25, 0.3) is 0 Å². The van der Waals surface area contributed by atoms with Gasteiger partial charge in [-0.3, -0.25) is 4.79 Å². The summed E-state index contributed by atoms with van der Waals surface area (Å²) in [7, 11) is 0. The Balaban J connectivity index is 1.73. The van der Waals surface area contributed by atoms with Gasteiger partial charge in [-0.25, -0.2) is 5.10 Å². The number of anilines is 2. The Bertz CT molecular complexity index is 692. The molecule has 5 nitrogen and oxygen atoms in total. The maximum Gasteiger partial charge on any atom is 0.285 e. The van der Waals surface area contributed by atoms with Crippen LogP contribution in [0.4, 0.5) is 11.4 Å². The zero-order chi connectivity index (χ0) is 14.8. The third kappa shape index (κ3) is 2.88. The van der Waals surface area contributed by atoms with Gasteiger partial charge in [0.15, 0.2) is 0 Å². The largest absolute Gasteiger partial charge is 0.368 e. The van der Waals surface area contributed by atoms with Crippen LogP contribution in [-0.4, -0.2) is 36.4 Å². The molecule has 1 aliphatic rings. The highest BCUT2D eigenvalue weighted by Gasteiger charge is 2.20. The van der Waals surface area contributed by atoms with Gasteiger partial charge in [-0.2, -0.15) is 5.10 Å². The Kier molecular flexibility index (Phi) is 3.84. The summed E-state index contributed by atoms with van der Waals surface area (Å²) < 4.78 is 0. The lowest BCUT2D eigenvalue weighted by atomic mass is 10.2. The molecule has 0 unspecified atom stereocenters. The Morgan fingerprint density at radius 3 is 2.62 bits per heavy atom. The molecule has 0 atom stereocenters. The average molecular weight is 305 g/mol. The Morgan fingerprint density at radius 2 is 1.90 bits per heavy atom. The van der Waals surface area contributed by atoms with Crippen LogP contribution in [0.2, 0.25) is 5.02 Å². The van der Waals surface area contributed by atoms with Crippen molar-refractivity contribution in [2.24, 2.45) is 0 Å². The first-order chi connectivity index (χ1) is 10.1. The zero-order valence-corrected chi connectivity index (χ0v) is 12.6. The van der Waals surface area contributed by atoms with E-state index in [1.54, 1.807) is 6.20 Å². The lowest BCUT2D eigenvalue weighted by Gasteiger charge is -2.37. The van der Waals surface area contributed by atoms with E-state index in [1.807, 2.05) is 0 Å². The minimum absolute atomic E-state index is 0.217. The average Bonchev–Trinajstić information content (AvgIpc) is 2.50. The number of H-pyrrole nitrogens is 1. The number of nitrogens with one attached hydrogen (secondary N) is 1. The quantitative estimate of drug-likeness (QED) is 0.923. The molecule has 2 aromatic rings. The summed E-state index contributed by atoms with van der Waals surface area (Å²) >= 11 is 6.06. The van der Waals surface area contributed by atoms with Gasteiger partial charge >= 0.3 is 0 Å². The molecule has 21 heavy (non-hydrogen) atoms. The highest BCUT2D eigenvalue weighted by Crippen LogP contribution is 2.24. The van der Waals surface area contributed by atoms with Crippen molar-refractivity contribution in [2.45, 2.75) is 6.92 Å². The van der Waals surface area contributed by atoms with Gasteiger partial charge in [-0.1, -0.05) is 23.7 Å². The van der Waals surface area contributed by atoms with E-state index in [2.05, 4.69) is 51.2 Å². The number of piperazine rings is 1. The molecule has 110 valence electrons. The second-order valence-corrected chi connectivity index (χ2v) is 5.59. The van der Waals surface area contributed by atoms with Crippen LogP contribution in [0.3, 0.4) is 0 Å². The maximum absolute atomic E-state index is 11.5. The summed E-state index contributed by atoms with van der Waals surface area (Å²) in [5.41, 5.74) is 2.88. The van der Waals surface area contributed by atoms with E-state index in [9.17, 15) is 4.79 Å². The number of aromatic nitrogens is 2. The molecule has 1 fully saturated rings. The molecule has 2 heterocycles. The van der Waals surface area contributed by atoms with Crippen molar-refractivity contribution in [3.05, 3.63) is 51.4 Å². The fraction of sp³-hybridized carbons (Fsp3) is 0.333. The van der Waals surface area contributed by atoms with Crippen LogP contribution in [-0.2, 0) is 0 Å². The van der Waals surface area contributed by atoms with Crippen molar-refractivity contribution >= 4 is 23.0 Å². The van der Waals surface area contributed by atoms with E-state index < -0.39 is 0 Å².